The zero-order valence-electron chi connectivity index (χ0n) is 18.0. The number of aromatic nitrogens is 1. The molecule has 6 nitrogen and oxygen atoms in total. The Bertz CT molecular complexity index is 975. The maximum absolute atomic E-state index is 12.8. The summed E-state index contributed by atoms with van der Waals surface area (Å²) in [5.41, 5.74) is 3.77. The summed E-state index contributed by atoms with van der Waals surface area (Å²) in [6, 6.07) is 7.85. The fraction of sp³-hybridized carbons (Fsp3) is 0.478. The second-order valence-electron chi connectivity index (χ2n) is 8.88. The van der Waals surface area contributed by atoms with Gasteiger partial charge in [-0.05, 0) is 49.4 Å². The van der Waals surface area contributed by atoms with E-state index in [1.165, 1.54) is 0 Å². The Kier molecular flexibility index (Phi) is 5.61. The standard InChI is InChI=1S/C23H29N3O3/c1-14(2)29-20-11-17-15(10-19(20)28-6)7-8-26-18(9-16(12-24)21(17)26)22(27)25-13-23(3,4)5/h9-11,14H,7-8,13H2,1-6H3,(H,25,27). The van der Waals surface area contributed by atoms with Crippen molar-refractivity contribution in [1.82, 2.24) is 9.88 Å². The predicted octanol–water partition coefficient (Wildman–Crippen LogP) is 4.15. The predicted molar refractivity (Wildman–Crippen MR) is 112 cm³/mol. The van der Waals surface area contributed by atoms with Crippen LogP contribution in [0.4, 0.5) is 0 Å². The lowest BCUT2D eigenvalue weighted by atomic mass is 9.96. The van der Waals surface area contributed by atoms with Gasteiger partial charge in [0, 0.05) is 18.7 Å². The molecule has 0 saturated heterocycles. The number of aryl methyl sites for hydroxylation is 1. The lowest BCUT2D eigenvalue weighted by Gasteiger charge is -2.24. The van der Waals surface area contributed by atoms with Crippen molar-refractivity contribution < 1.29 is 14.3 Å². The van der Waals surface area contributed by atoms with Crippen LogP contribution >= 0.6 is 0 Å². The second kappa shape index (κ2) is 7.82. The third-order valence-corrected chi connectivity index (χ3v) is 4.84. The van der Waals surface area contributed by atoms with E-state index in [-0.39, 0.29) is 17.4 Å². The van der Waals surface area contributed by atoms with Gasteiger partial charge in [-0.15, -0.1) is 0 Å². The van der Waals surface area contributed by atoms with E-state index in [4.69, 9.17) is 9.47 Å². The van der Waals surface area contributed by atoms with Gasteiger partial charge in [-0.2, -0.15) is 5.26 Å². The largest absolute Gasteiger partial charge is 0.493 e. The van der Waals surface area contributed by atoms with Crippen molar-refractivity contribution in [2.24, 2.45) is 5.41 Å². The van der Waals surface area contributed by atoms with E-state index < -0.39 is 0 Å². The van der Waals surface area contributed by atoms with Gasteiger partial charge in [-0.3, -0.25) is 4.79 Å². The number of amides is 1. The molecule has 0 bridgehead atoms. The third kappa shape index (κ3) is 4.24. The van der Waals surface area contributed by atoms with E-state index in [0.717, 1.165) is 23.2 Å². The molecular weight excluding hydrogens is 366 g/mol. The second-order valence-corrected chi connectivity index (χ2v) is 8.88. The Morgan fingerprint density at radius 1 is 1.28 bits per heavy atom. The number of carbonyl (C=O) groups is 1. The number of hydrogen-bond donors (Lipinski definition) is 1. The minimum absolute atomic E-state index is 0.00787. The maximum atomic E-state index is 12.8. The summed E-state index contributed by atoms with van der Waals surface area (Å²) in [5.74, 6) is 1.16. The van der Waals surface area contributed by atoms with E-state index in [1.54, 1.807) is 13.2 Å². The van der Waals surface area contributed by atoms with Crippen molar-refractivity contribution in [2.75, 3.05) is 13.7 Å². The molecule has 0 unspecified atom stereocenters. The number of fused-ring (bicyclic) bond motifs is 3. The summed E-state index contributed by atoms with van der Waals surface area (Å²) < 4.78 is 13.4. The molecule has 1 amide bonds. The molecule has 1 aromatic heterocycles. The zero-order valence-corrected chi connectivity index (χ0v) is 18.0. The molecule has 1 aliphatic rings. The first-order valence-corrected chi connectivity index (χ1v) is 9.94. The topological polar surface area (TPSA) is 76.3 Å². The molecule has 6 heteroatoms. The first-order valence-electron chi connectivity index (χ1n) is 9.94. The van der Waals surface area contributed by atoms with Crippen LogP contribution < -0.4 is 14.8 Å². The molecule has 0 radical (unpaired) electrons. The maximum Gasteiger partial charge on any atom is 0.267 e. The first kappa shape index (κ1) is 20.8. The molecule has 2 heterocycles. The first-order chi connectivity index (χ1) is 13.6. The minimum Gasteiger partial charge on any atom is -0.493 e. The number of carbonyl (C=O) groups excluding carboxylic acids is 1. The molecule has 0 aliphatic carbocycles. The van der Waals surface area contributed by atoms with Gasteiger partial charge in [0.2, 0.25) is 0 Å². The molecule has 29 heavy (non-hydrogen) atoms. The minimum atomic E-state index is -0.154. The van der Waals surface area contributed by atoms with Crippen LogP contribution in [0.2, 0.25) is 0 Å². The van der Waals surface area contributed by atoms with Gasteiger partial charge in [-0.25, -0.2) is 0 Å². The van der Waals surface area contributed by atoms with Crippen LogP contribution in [0.1, 0.15) is 56.2 Å². The number of ether oxygens (including phenoxy) is 2. The van der Waals surface area contributed by atoms with Crippen molar-refractivity contribution in [3.8, 4) is 28.8 Å². The Morgan fingerprint density at radius 3 is 2.59 bits per heavy atom. The highest BCUT2D eigenvalue weighted by molar-refractivity contribution is 5.95. The third-order valence-electron chi connectivity index (χ3n) is 4.84. The number of hydrogen-bond acceptors (Lipinski definition) is 4. The van der Waals surface area contributed by atoms with Gasteiger partial charge in [0.1, 0.15) is 11.8 Å². The van der Waals surface area contributed by atoms with Crippen molar-refractivity contribution in [3.05, 3.63) is 35.0 Å². The Morgan fingerprint density at radius 2 is 2.00 bits per heavy atom. The Balaban J connectivity index is 2.08. The van der Waals surface area contributed by atoms with Gasteiger partial charge in [0.05, 0.1) is 24.5 Å². The summed E-state index contributed by atoms with van der Waals surface area (Å²) >= 11 is 0. The van der Waals surface area contributed by atoms with Gasteiger partial charge < -0.3 is 19.4 Å². The van der Waals surface area contributed by atoms with Crippen LogP contribution in [0.3, 0.4) is 0 Å². The summed E-state index contributed by atoms with van der Waals surface area (Å²) in [7, 11) is 1.62. The monoisotopic (exact) mass is 395 g/mol. The van der Waals surface area contributed by atoms with Crippen LogP contribution in [0, 0.1) is 16.7 Å². The number of methoxy groups -OCH3 is 1. The van der Waals surface area contributed by atoms with Crippen LogP contribution in [0.15, 0.2) is 18.2 Å². The molecule has 1 aromatic carbocycles. The Hall–Kier alpha value is -2.94. The van der Waals surface area contributed by atoms with Crippen LogP contribution in [-0.2, 0) is 13.0 Å². The highest BCUT2D eigenvalue weighted by Crippen LogP contribution is 2.41. The number of nitriles is 1. The Labute approximate surface area is 172 Å². The molecule has 0 saturated carbocycles. The van der Waals surface area contributed by atoms with Crippen LogP contribution in [0.5, 0.6) is 11.5 Å². The fourth-order valence-electron chi connectivity index (χ4n) is 3.55. The van der Waals surface area contributed by atoms with Gasteiger partial charge in [-0.1, -0.05) is 20.8 Å². The average Bonchev–Trinajstić information content (AvgIpc) is 3.03. The van der Waals surface area contributed by atoms with Gasteiger partial charge in [0.25, 0.3) is 5.91 Å². The molecule has 1 N–H and O–H groups in total. The normalized spacial score (nSPS) is 12.8. The zero-order chi connectivity index (χ0) is 21.3. The van der Waals surface area contributed by atoms with E-state index >= 15 is 0 Å². The lowest BCUT2D eigenvalue weighted by Crippen LogP contribution is -2.33. The smallest absolute Gasteiger partial charge is 0.267 e. The molecule has 0 atom stereocenters. The highest BCUT2D eigenvalue weighted by Gasteiger charge is 2.28. The molecule has 0 fully saturated rings. The van der Waals surface area contributed by atoms with E-state index in [0.29, 0.717) is 35.8 Å². The molecule has 2 aromatic rings. The van der Waals surface area contributed by atoms with Gasteiger partial charge in [0.15, 0.2) is 11.5 Å². The van der Waals surface area contributed by atoms with Crippen LogP contribution in [0.25, 0.3) is 11.3 Å². The highest BCUT2D eigenvalue weighted by atomic mass is 16.5. The molecule has 1 aliphatic heterocycles. The fourth-order valence-corrected chi connectivity index (χ4v) is 3.55. The molecular formula is C23H29N3O3. The summed E-state index contributed by atoms with van der Waals surface area (Å²) in [5, 5.41) is 12.7. The van der Waals surface area contributed by atoms with Gasteiger partial charge >= 0.3 is 0 Å². The van der Waals surface area contributed by atoms with E-state index in [2.05, 4.69) is 32.2 Å². The number of nitrogens with zero attached hydrogens (tertiary/aromatic N) is 2. The van der Waals surface area contributed by atoms with Crippen molar-refractivity contribution in [1.29, 1.82) is 5.26 Å². The molecule has 0 spiro atoms. The number of benzene rings is 1. The van der Waals surface area contributed by atoms with Crippen molar-refractivity contribution >= 4 is 5.91 Å². The van der Waals surface area contributed by atoms with Crippen molar-refractivity contribution in [2.45, 2.75) is 53.7 Å². The van der Waals surface area contributed by atoms with Crippen molar-refractivity contribution in [3.63, 3.8) is 0 Å². The quantitative estimate of drug-likeness (QED) is 0.825. The molecule has 3 rings (SSSR count). The SMILES string of the molecule is COc1cc2c(cc1OC(C)C)-c1c(C#N)cc(C(=O)NCC(C)(C)C)n1CC2. The van der Waals surface area contributed by atoms with Crippen LogP contribution in [-0.4, -0.2) is 30.2 Å². The number of nitrogens with one attached hydrogen (secondary N) is 1. The summed E-state index contributed by atoms with van der Waals surface area (Å²) in [4.78, 5) is 12.8. The lowest BCUT2D eigenvalue weighted by molar-refractivity contribution is 0.0930. The van der Waals surface area contributed by atoms with E-state index in [9.17, 15) is 10.1 Å². The summed E-state index contributed by atoms with van der Waals surface area (Å²) in [6.07, 6.45) is 0.742. The number of rotatable bonds is 5. The summed E-state index contributed by atoms with van der Waals surface area (Å²) in [6.45, 7) is 11.3. The molecule has 154 valence electrons. The average molecular weight is 396 g/mol. The van der Waals surface area contributed by atoms with E-state index in [1.807, 2.05) is 30.5 Å².